The van der Waals surface area contributed by atoms with E-state index in [1.165, 1.54) is 19.3 Å². The van der Waals surface area contributed by atoms with Crippen LogP contribution in [0.5, 0.6) is 0 Å². The second-order valence-electron chi connectivity index (χ2n) is 4.11. The predicted octanol–water partition coefficient (Wildman–Crippen LogP) is 3.68. The summed E-state index contributed by atoms with van der Waals surface area (Å²) in [5, 5.41) is 4.14. The van der Waals surface area contributed by atoms with Crippen LogP contribution in [0.1, 0.15) is 38.9 Å². The highest BCUT2D eigenvalue weighted by atomic mass is 32.2. The Hall–Kier alpha value is -0.410. The number of hydrogen-bond donors (Lipinski definition) is 1. The molecule has 92 valence electrons. The highest BCUT2D eigenvalue weighted by Gasteiger charge is 2.03. The Morgan fingerprint density at radius 2 is 2.31 bits per heavy atom. The van der Waals surface area contributed by atoms with Crippen LogP contribution in [0.25, 0.3) is 0 Å². The molecular weight excluding hydrogens is 218 g/mol. The molecule has 1 unspecified atom stereocenters. The van der Waals surface area contributed by atoms with Crippen LogP contribution in [0.2, 0.25) is 0 Å². The van der Waals surface area contributed by atoms with Crippen molar-refractivity contribution in [1.29, 1.82) is 0 Å². The lowest BCUT2D eigenvalue weighted by molar-refractivity contribution is 0.530. The van der Waals surface area contributed by atoms with Crippen molar-refractivity contribution in [3.05, 3.63) is 24.2 Å². The van der Waals surface area contributed by atoms with Gasteiger partial charge in [-0.15, -0.1) is 11.8 Å². The van der Waals surface area contributed by atoms with E-state index >= 15 is 0 Å². The third-order valence-electron chi connectivity index (χ3n) is 2.48. The summed E-state index contributed by atoms with van der Waals surface area (Å²) < 4.78 is 5.30. The third kappa shape index (κ3) is 6.23. The zero-order valence-electron chi connectivity index (χ0n) is 10.4. The molecule has 1 rings (SSSR count). The van der Waals surface area contributed by atoms with Gasteiger partial charge in [0.05, 0.1) is 12.0 Å². The largest absolute Gasteiger partial charge is 0.468 e. The average Bonchev–Trinajstić information content (AvgIpc) is 2.79. The normalized spacial score (nSPS) is 12.9. The quantitative estimate of drug-likeness (QED) is 0.668. The molecule has 1 aromatic heterocycles. The van der Waals surface area contributed by atoms with E-state index in [1.807, 2.05) is 23.9 Å². The summed E-state index contributed by atoms with van der Waals surface area (Å²) in [4.78, 5) is 0. The van der Waals surface area contributed by atoms with Crippen molar-refractivity contribution in [3.8, 4) is 0 Å². The summed E-state index contributed by atoms with van der Waals surface area (Å²) in [6, 6.07) is 3.98. The molecule has 0 aliphatic heterocycles. The van der Waals surface area contributed by atoms with Crippen LogP contribution >= 0.6 is 11.8 Å². The van der Waals surface area contributed by atoms with Crippen molar-refractivity contribution in [3.63, 3.8) is 0 Å². The van der Waals surface area contributed by atoms with Gasteiger partial charge in [-0.05, 0) is 25.1 Å². The van der Waals surface area contributed by atoms with Crippen molar-refractivity contribution in [2.75, 3.05) is 13.1 Å². The van der Waals surface area contributed by atoms with Crippen LogP contribution in [-0.4, -0.2) is 18.3 Å². The molecular formula is C13H23NOS. The summed E-state index contributed by atoms with van der Waals surface area (Å²) in [6.07, 6.45) is 5.67. The van der Waals surface area contributed by atoms with Gasteiger partial charge in [-0.25, -0.2) is 0 Å². The van der Waals surface area contributed by atoms with Crippen molar-refractivity contribution in [2.24, 2.45) is 0 Å². The van der Waals surface area contributed by atoms with Crippen LogP contribution in [0.3, 0.4) is 0 Å². The molecule has 0 saturated heterocycles. The Morgan fingerprint density at radius 1 is 1.44 bits per heavy atom. The Bertz CT molecular complexity index is 248. The summed E-state index contributed by atoms with van der Waals surface area (Å²) in [6.45, 7) is 6.75. The number of furan rings is 1. The van der Waals surface area contributed by atoms with Crippen LogP contribution in [0.4, 0.5) is 0 Å². The maximum Gasteiger partial charge on any atom is 0.113 e. The fourth-order valence-corrected chi connectivity index (χ4v) is 2.33. The van der Waals surface area contributed by atoms with Crippen LogP contribution in [-0.2, 0) is 5.75 Å². The summed E-state index contributed by atoms with van der Waals surface area (Å²) in [5.74, 6) is 2.05. The minimum absolute atomic E-state index is 0.645. The van der Waals surface area contributed by atoms with Gasteiger partial charge in [0.15, 0.2) is 0 Å². The van der Waals surface area contributed by atoms with Gasteiger partial charge in [0.2, 0.25) is 0 Å². The van der Waals surface area contributed by atoms with Crippen molar-refractivity contribution < 1.29 is 4.42 Å². The van der Waals surface area contributed by atoms with E-state index < -0.39 is 0 Å². The molecule has 0 bridgehead atoms. The molecule has 0 aliphatic rings. The maximum atomic E-state index is 5.30. The Labute approximate surface area is 103 Å². The molecule has 0 saturated carbocycles. The lowest BCUT2D eigenvalue weighted by Gasteiger charge is -2.11. The third-order valence-corrected chi connectivity index (χ3v) is 3.67. The average molecular weight is 241 g/mol. The van der Waals surface area contributed by atoms with E-state index in [0.717, 1.165) is 24.6 Å². The molecule has 0 amide bonds. The summed E-state index contributed by atoms with van der Waals surface area (Å²) in [7, 11) is 0. The number of thioether (sulfide) groups is 1. The van der Waals surface area contributed by atoms with Gasteiger partial charge in [-0.1, -0.05) is 26.7 Å². The second kappa shape index (κ2) is 8.71. The first-order valence-electron chi connectivity index (χ1n) is 6.17. The number of unbranched alkanes of at least 4 members (excludes halogenated alkanes) is 2. The number of nitrogens with one attached hydrogen (secondary N) is 1. The molecule has 0 fully saturated rings. The van der Waals surface area contributed by atoms with Crippen LogP contribution in [0, 0.1) is 0 Å². The van der Waals surface area contributed by atoms with E-state index in [0.29, 0.717) is 5.25 Å². The lowest BCUT2D eigenvalue weighted by atomic mass is 10.2. The maximum absolute atomic E-state index is 5.30. The monoisotopic (exact) mass is 241 g/mol. The number of hydrogen-bond acceptors (Lipinski definition) is 3. The Kier molecular flexibility index (Phi) is 7.43. The topological polar surface area (TPSA) is 25.2 Å². The first-order valence-corrected chi connectivity index (χ1v) is 7.22. The van der Waals surface area contributed by atoms with Crippen molar-refractivity contribution >= 4 is 11.8 Å². The van der Waals surface area contributed by atoms with Crippen molar-refractivity contribution in [2.45, 2.75) is 44.1 Å². The van der Waals surface area contributed by atoms with Gasteiger partial charge in [-0.2, -0.15) is 0 Å². The predicted molar refractivity (Wildman–Crippen MR) is 71.9 cm³/mol. The zero-order chi connectivity index (χ0) is 11.6. The van der Waals surface area contributed by atoms with E-state index in [4.69, 9.17) is 4.42 Å². The molecule has 0 aromatic carbocycles. The molecule has 1 atom stereocenters. The van der Waals surface area contributed by atoms with Gasteiger partial charge in [0.25, 0.3) is 0 Å². The lowest BCUT2D eigenvalue weighted by Crippen LogP contribution is -2.23. The molecule has 0 radical (unpaired) electrons. The Balaban J connectivity index is 1.96. The molecule has 16 heavy (non-hydrogen) atoms. The van der Waals surface area contributed by atoms with E-state index in [1.54, 1.807) is 6.26 Å². The minimum Gasteiger partial charge on any atom is -0.468 e. The first-order chi connectivity index (χ1) is 7.83. The molecule has 1 heterocycles. The molecule has 1 N–H and O–H groups in total. The van der Waals surface area contributed by atoms with E-state index in [2.05, 4.69) is 19.2 Å². The fourth-order valence-electron chi connectivity index (χ4n) is 1.48. The Morgan fingerprint density at radius 3 is 3.00 bits per heavy atom. The molecule has 0 spiro atoms. The minimum atomic E-state index is 0.645. The fraction of sp³-hybridized carbons (Fsp3) is 0.692. The molecule has 2 nitrogen and oxygen atoms in total. The highest BCUT2D eigenvalue weighted by molar-refractivity contribution is 7.99. The van der Waals surface area contributed by atoms with Gasteiger partial charge < -0.3 is 9.73 Å². The standard InChI is InChI=1S/C13H23NOS/c1-3-4-5-8-14-10-12(2)16-11-13-7-6-9-15-13/h6-7,9,12,14H,3-5,8,10-11H2,1-2H3. The van der Waals surface area contributed by atoms with E-state index in [-0.39, 0.29) is 0 Å². The van der Waals surface area contributed by atoms with Gasteiger partial charge in [0, 0.05) is 11.8 Å². The second-order valence-corrected chi connectivity index (χ2v) is 5.54. The van der Waals surface area contributed by atoms with Crippen molar-refractivity contribution in [1.82, 2.24) is 5.32 Å². The highest BCUT2D eigenvalue weighted by Crippen LogP contribution is 2.17. The van der Waals surface area contributed by atoms with Crippen LogP contribution in [0.15, 0.2) is 22.8 Å². The summed E-state index contributed by atoms with van der Waals surface area (Å²) >= 11 is 1.94. The van der Waals surface area contributed by atoms with Gasteiger partial charge >= 0.3 is 0 Å². The number of rotatable bonds is 9. The van der Waals surface area contributed by atoms with Crippen LogP contribution < -0.4 is 5.32 Å². The molecule has 1 aromatic rings. The molecule has 0 aliphatic carbocycles. The molecule has 3 heteroatoms. The van der Waals surface area contributed by atoms with E-state index in [9.17, 15) is 0 Å². The zero-order valence-corrected chi connectivity index (χ0v) is 11.2. The summed E-state index contributed by atoms with van der Waals surface area (Å²) in [5.41, 5.74) is 0. The smallest absolute Gasteiger partial charge is 0.113 e. The van der Waals surface area contributed by atoms with Gasteiger partial charge in [0.1, 0.15) is 5.76 Å². The first kappa shape index (κ1) is 13.7. The van der Waals surface area contributed by atoms with Gasteiger partial charge in [-0.3, -0.25) is 0 Å². The SMILES string of the molecule is CCCCCNCC(C)SCc1ccco1.